The van der Waals surface area contributed by atoms with E-state index in [2.05, 4.69) is 23.3 Å². The summed E-state index contributed by atoms with van der Waals surface area (Å²) in [5.74, 6) is 0.447. The summed E-state index contributed by atoms with van der Waals surface area (Å²) in [5, 5.41) is 6.94. The summed E-state index contributed by atoms with van der Waals surface area (Å²) in [7, 11) is 0. The van der Waals surface area contributed by atoms with Gasteiger partial charge in [-0.2, -0.15) is 0 Å². The molecule has 11 heavy (non-hydrogen) atoms. The zero-order chi connectivity index (χ0) is 8.53. The molecule has 1 aliphatic heterocycles. The van der Waals surface area contributed by atoms with E-state index >= 15 is 0 Å². The summed E-state index contributed by atoms with van der Waals surface area (Å²) in [6.45, 7) is 6.36. The van der Waals surface area contributed by atoms with Crippen molar-refractivity contribution in [2.75, 3.05) is 0 Å². The quantitative estimate of drug-likeness (QED) is 0.553. The average molecular weight is 149 g/mol. The summed E-state index contributed by atoms with van der Waals surface area (Å²) in [6.07, 6.45) is 7.47. The van der Waals surface area contributed by atoms with Crippen molar-refractivity contribution in [2.45, 2.75) is 6.42 Å². The number of nitrogens with one attached hydrogen (secondary N) is 1. The first-order valence-electron chi connectivity index (χ1n) is 3.14. The van der Waals surface area contributed by atoms with Gasteiger partial charge in [-0.05, 0) is 12.8 Å². The van der Waals surface area contributed by atoms with Crippen molar-refractivity contribution in [3.8, 4) is 0 Å². The molecule has 0 unspecified atom stereocenters. The second-order valence-electron chi connectivity index (χ2n) is 1.72. The van der Waals surface area contributed by atoms with E-state index < -0.39 is 0 Å². The van der Waals surface area contributed by atoms with Crippen molar-refractivity contribution in [3.63, 3.8) is 0 Å². The van der Waals surface area contributed by atoms with E-state index in [9.17, 15) is 0 Å². The molecule has 1 N–H and O–H groups in total. The van der Waals surface area contributed by atoms with Crippen molar-refractivity contribution >= 4 is 18.8 Å². The molecule has 1 heterocycles. The smallest absolute Gasteiger partial charge is 0.124 e. The molecule has 1 aliphatic rings. The van der Waals surface area contributed by atoms with Gasteiger partial charge in [0.15, 0.2) is 0 Å². The Morgan fingerprint density at radius 1 is 1.73 bits per heavy atom. The Labute approximate surface area is 66.4 Å². The van der Waals surface area contributed by atoms with Crippen LogP contribution >= 0.6 is 0 Å². The number of amidine groups is 1. The van der Waals surface area contributed by atoms with Crippen molar-refractivity contribution in [1.82, 2.24) is 0 Å². The van der Waals surface area contributed by atoms with Crippen molar-refractivity contribution in [1.29, 1.82) is 5.41 Å². The normalized spacial score (nSPS) is 13.3. The number of hydrogen-bond donors (Lipinski definition) is 1. The lowest BCUT2D eigenvalue weighted by Gasteiger charge is -1.92. The summed E-state index contributed by atoms with van der Waals surface area (Å²) >= 11 is 0. The third-order valence-electron chi connectivity index (χ3n) is 0.893. The fourth-order valence-corrected chi connectivity index (χ4v) is 0.426. The van der Waals surface area contributed by atoms with Crippen LogP contribution in [0.5, 0.6) is 0 Å². The molecule has 1 rings (SSSR count). The van der Waals surface area contributed by atoms with E-state index in [0.29, 0.717) is 12.3 Å². The predicted octanol–water partition coefficient (Wildman–Crippen LogP) is 1.82. The van der Waals surface area contributed by atoms with Crippen molar-refractivity contribution in [2.24, 2.45) is 9.98 Å². The Hall–Kier alpha value is -1.51. The third-order valence-corrected chi connectivity index (χ3v) is 0.893. The van der Waals surface area contributed by atoms with Gasteiger partial charge in [-0.1, -0.05) is 12.7 Å². The minimum Gasteiger partial charge on any atom is -0.286 e. The summed E-state index contributed by atoms with van der Waals surface area (Å²) < 4.78 is 0. The fraction of sp³-hybridized carbons (Fsp3) is 0.125. The van der Waals surface area contributed by atoms with Crippen LogP contribution in [0.3, 0.4) is 0 Å². The first-order valence-corrected chi connectivity index (χ1v) is 3.14. The maximum absolute atomic E-state index is 6.94. The van der Waals surface area contributed by atoms with Crippen LogP contribution in [0.1, 0.15) is 6.42 Å². The molecule has 0 amide bonds. The molecule has 3 nitrogen and oxygen atoms in total. The van der Waals surface area contributed by atoms with Gasteiger partial charge >= 0.3 is 0 Å². The Bertz CT molecular complexity index is 195. The Kier molecular flexibility index (Phi) is 5.70. The van der Waals surface area contributed by atoms with E-state index in [1.807, 2.05) is 12.2 Å². The highest BCUT2D eigenvalue weighted by molar-refractivity contribution is 5.94. The molecule has 0 aromatic rings. The first-order chi connectivity index (χ1) is 5.31. The minimum absolute atomic E-state index is 0.447. The summed E-state index contributed by atoms with van der Waals surface area (Å²) in [5.41, 5.74) is 0. The molecule has 0 saturated carbocycles. The number of aliphatic imine (C=N–C) groups is 2. The number of dihydropyridines is 1. The van der Waals surface area contributed by atoms with Gasteiger partial charge in [-0.15, -0.1) is 0 Å². The molecule has 0 spiro atoms. The van der Waals surface area contributed by atoms with Crippen LogP contribution in [0.2, 0.25) is 0 Å². The molecule has 0 aromatic heterocycles. The SMILES string of the molecule is C=CN=C.N=C1CC=CC=N1. The van der Waals surface area contributed by atoms with Crippen molar-refractivity contribution in [3.05, 3.63) is 24.9 Å². The standard InChI is InChI=1S/C5H6N2.C3H5N/c6-5-3-1-2-4-7-5;1-3-4-2/h1-2,4,6H,3H2;3H,1-2H2. The van der Waals surface area contributed by atoms with Gasteiger partial charge in [0, 0.05) is 18.8 Å². The lowest BCUT2D eigenvalue weighted by atomic mass is 10.3. The summed E-state index contributed by atoms with van der Waals surface area (Å²) in [4.78, 5) is 6.95. The predicted molar refractivity (Wildman–Crippen MR) is 49.7 cm³/mol. The monoisotopic (exact) mass is 149 g/mol. The second-order valence-corrected chi connectivity index (χ2v) is 1.72. The molecule has 0 aromatic carbocycles. The number of nitrogens with zero attached hydrogens (tertiary/aromatic N) is 2. The van der Waals surface area contributed by atoms with Crippen LogP contribution in [0.15, 0.2) is 34.9 Å². The highest BCUT2D eigenvalue weighted by Crippen LogP contribution is 1.91. The van der Waals surface area contributed by atoms with Gasteiger partial charge in [0.1, 0.15) is 5.84 Å². The molecule has 0 fully saturated rings. The highest BCUT2D eigenvalue weighted by atomic mass is 14.8. The van der Waals surface area contributed by atoms with Gasteiger partial charge in [0.2, 0.25) is 0 Å². The van der Waals surface area contributed by atoms with Crippen LogP contribution in [-0.4, -0.2) is 18.8 Å². The number of allylic oxidation sites excluding steroid dienone is 1. The van der Waals surface area contributed by atoms with Crippen LogP contribution in [0.25, 0.3) is 0 Å². The fourth-order valence-electron chi connectivity index (χ4n) is 0.426. The van der Waals surface area contributed by atoms with Crippen LogP contribution < -0.4 is 0 Å². The Morgan fingerprint density at radius 3 is 2.55 bits per heavy atom. The van der Waals surface area contributed by atoms with Crippen LogP contribution in [0, 0.1) is 5.41 Å². The zero-order valence-electron chi connectivity index (χ0n) is 6.33. The zero-order valence-corrected chi connectivity index (χ0v) is 6.33. The maximum Gasteiger partial charge on any atom is 0.124 e. The van der Waals surface area contributed by atoms with Gasteiger partial charge in [0.05, 0.1) is 0 Å². The molecule has 0 aliphatic carbocycles. The molecular formula is C8H11N3. The van der Waals surface area contributed by atoms with E-state index in [-0.39, 0.29) is 0 Å². The second kappa shape index (κ2) is 6.61. The molecular weight excluding hydrogens is 138 g/mol. The number of hydrogen-bond acceptors (Lipinski definition) is 2. The van der Waals surface area contributed by atoms with E-state index in [4.69, 9.17) is 5.41 Å². The van der Waals surface area contributed by atoms with E-state index in [1.54, 1.807) is 6.21 Å². The molecule has 0 saturated heterocycles. The highest BCUT2D eigenvalue weighted by Gasteiger charge is 1.88. The van der Waals surface area contributed by atoms with Crippen LogP contribution in [-0.2, 0) is 0 Å². The maximum atomic E-state index is 6.94. The van der Waals surface area contributed by atoms with Crippen molar-refractivity contribution < 1.29 is 0 Å². The molecule has 0 radical (unpaired) electrons. The Morgan fingerprint density at radius 2 is 2.36 bits per heavy atom. The Balaban J connectivity index is 0.000000218. The average Bonchev–Trinajstić information content (AvgIpc) is 2.07. The van der Waals surface area contributed by atoms with E-state index in [0.717, 1.165) is 0 Å². The van der Waals surface area contributed by atoms with Gasteiger partial charge in [-0.3, -0.25) is 10.4 Å². The largest absolute Gasteiger partial charge is 0.286 e. The lowest BCUT2D eigenvalue weighted by Crippen LogP contribution is -1.92. The topological polar surface area (TPSA) is 48.6 Å². The molecule has 0 atom stereocenters. The first kappa shape index (κ1) is 9.49. The minimum atomic E-state index is 0.447. The lowest BCUT2D eigenvalue weighted by molar-refractivity contribution is 1.30. The third kappa shape index (κ3) is 6.37. The van der Waals surface area contributed by atoms with Gasteiger partial charge in [-0.25, -0.2) is 4.99 Å². The number of rotatable bonds is 1. The van der Waals surface area contributed by atoms with Gasteiger partial charge in [0.25, 0.3) is 0 Å². The molecule has 3 heteroatoms. The summed E-state index contributed by atoms with van der Waals surface area (Å²) in [6, 6.07) is 0. The van der Waals surface area contributed by atoms with Crippen LogP contribution in [0.4, 0.5) is 0 Å². The molecule has 58 valence electrons. The van der Waals surface area contributed by atoms with Gasteiger partial charge < -0.3 is 0 Å². The molecule has 0 bridgehead atoms. The van der Waals surface area contributed by atoms with E-state index in [1.165, 1.54) is 6.20 Å².